The van der Waals surface area contributed by atoms with Gasteiger partial charge in [0.05, 0.1) is 13.2 Å². The van der Waals surface area contributed by atoms with Crippen LogP contribution in [0.5, 0.6) is 11.5 Å². The van der Waals surface area contributed by atoms with Crippen LogP contribution in [0.3, 0.4) is 0 Å². The molecular weight excluding hydrogens is 504 g/mol. The van der Waals surface area contributed by atoms with Gasteiger partial charge in [-0.3, -0.25) is 4.79 Å². The van der Waals surface area contributed by atoms with Crippen LogP contribution in [0, 0.1) is 0 Å². The summed E-state index contributed by atoms with van der Waals surface area (Å²) in [6.45, 7) is 0.888. The van der Waals surface area contributed by atoms with Gasteiger partial charge in [-0.25, -0.2) is 4.79 Å². The number of ether oxygens (including phenoxy) is 3. The van der Waals surface area contributed by atoms with Gasteiger partial charge in [0, 0.05) is 36.6 Å². The van der Waals surface area contributed by atoms with Crippen LogP contribution in [0.2, 0.25) is 0 Å². The van der Waals surface area contributed by atoms with Crippen molar-refractivity contribution >= 4 is 23.9 Å². The van der Waals surface area contributed by atoms with Crippen LogP contribution in [0.1, 0.15) is 39.0 Å². The summed E-state index contributed by atoms with van der Waals surface area (Å²) in [6.07, 6.45) is 3.94. The predicted octanol–water partition coefficient (Wildman–Crippen LogP) is 6.58. The van der Waals surface area contributed by atoms with E-state index in [0.717, 1.165) is 16.7 Å². The van der Waals surface area contributed by atoms with Crippen molar-refractivity contribution in [2.75, 3.05) is 20.3 Å². The number of carbonyl (C=O) groups excluding carboxylic acids is 1. The Morgan fingerprint density at radius 2 is 1.43 bits per heavy atom. The minimum Gasteiger partial charge on any atom is -0.493 e. The lowest BCUT2D eigenvalue weighted by molar-refractivity contribution is -0.148. The van der Waals surface area contributed by atoms with Gasteiger partial charge in [-0.1, -0.05) is 78.9 Å². The Balaban J connectivity index is 1.34. The highest BCUT2D eigenvalue weighted by molar-refractivity contribution is 6.09. The number of ketones is 1. The lowest BCUT2D eigenvalue weighted by atomic mass is 10.0. The van der Waals surface area contributed by atoms with Crippen LogP contribution in [0.4, 0.5) is 0 Å². The van der Waals surface area contributed by atoms with Crippen molar-refractivity contribution in [1.29, 1.82) is 0 Å². The predicted molar refractivity (Wildman–Crippen MR) is 156 cm³/mol. The summed E-state index contributed by atoms with van der Waals surface area (Å²) in [6, 6.07) is 31.9. The van der Waals surface area contributed by atoms with Crippen LogP contribution in [0.15, 0.2) is 103 Å². The molecule has 0 saturated heterocycles. The first-order chi connectivity index (χ1) is 19.5. The highest BCUT2D eigenvalue weighted by atomic mass is 16.5. The molecule has 4 aromatic carbocycles. The summed E-state index contributed by atoms with van der Waals surface area (Å²) in [5.74, 6) is 0.363. The molecule has 0 saturated carbocycles. The van der Waals surface area contributed by atoms with Crippen molar-refractivity contribution in [3.63, 3.8) is 0 Å². The lowest BCUT2D eigenvalue weighted by Crippen LogP contribution is -2.24. The van der Waals surface area contributed by atoms with Crippen molar-refractivity contribution in [3.05, 3.63) is 131 Å². The van der Waals surface area contributed by atoms with Gasteiger partial charge in [0.15, 0.2) is 11.9 Å². The fourth-order valence-electron chi connectivity index (χ4n) is 4.11. The molecule has 0 aromatic heterocycles. The number of carbonyl (C=O) groups is 2. The molecule has 204 valence electrons. The quantitative estimate of drug-likeness (QED) is 0.111. The Labute approximate surface area is 234 Å². The first-order valence-corrected chi connectivity index (χ1v) is 13.1. The Morgan fingerprint density at radius 1 is 0.775 bits per heavy atom. The molecular formula is C34H32O6. The molecule has 0 radical (unpaired) electrons. The monoisotopic (exact) mass is 536 g/mol. The largest absolute Gasteiger partial charge is 0.493 e. The molecule has 0 aliphatic carbocycles. The molecule has 0 heterocycles. The second kappa shape index (κ2) is 14.5. The summed E-state index contributed by atoms with van der Waals surface area (Å²) >= 11 is 0. The maximum Gasteiger partial charge on any atom is 0.333 e. The molecule has 6 heteroatoms. The van der Waals surface area contributed by atoms with Gasteiger partial charge in [-0.2, -0.15) is 0 Å². The van der Waals surface area contributed by atoms with Gasteiger partial charge in [0.1, 0.15) is 11.5 Å². The number of methoxy groups -OCH3 is 1. The number of carboxylic acid groups (broad SMARTS) is 1. The van der Waals surface area contributed by atoms with E-state index in [1.807, 2.05) is 78.9 Å². The van der Waals surface area contributed by atoms with Gasteiger partial charge >= 0.3 is 5.97 Å². The number of aliphatic carboxylic acids is 1. The Hall–Kier alpha value is -4.68. The molecule has 40 heavy (non-hydrogen) atoms. The van der Waals surface area contributed by atoms with Crippen molar-refractivity contribution in [2.24, 2.45) is 0 Å². The fraction of sp³-hybridized carbons (Fsp3) is 0.176. The van der Waals surface area contributed by atoms with E-state index in [0.29, 0.717) is 42.3 Å². The first kappa shape index (κ1) is 28.3. The molecule has 0 bridgehead atoms. The van der Waals surface area contributed by atoms with Crippen LogP contribution < -0.4 is 9.47 Å². The van der Waals surface area contributed by atoms with Crippen molar-refractivity contribution < 1.29 is 28.9 Å². The average Bonchev–Trinajstić information content (AvgIpc) is 3.00. The zero-order valence-electron chi connectivity index (χ0n) is 22.4. The van der Waals surface area contributed by atoms with Gasteiger partial charge in [0.2, 0.25) is 0 Å². The highest BCUT2D eigenvalue weighted by Gasteiger charge is 2.17. The van der Waals surface area contributed by atoms with Crippen LogP contribution in [-0.4, -0.2) is 43.3 Å². The van der Waals surface area contributed by atoms with E-state index in [2.05, 4.69) is 0 Å². The summed E-state index contributed by atoms with van der Waals surface area (Å²) in [5, 5.41) is 9.35. The third-order valence-corrected chi connectivity index (χ3v) is 6.28. The summed E-state index contributed by atoms with van der Waals surface area (Å²) in [4.78, 5) is 24.0. The van der Waals surface area contributed by atoms with Gasteiger partial charge in [-0.15, -0.1) is 0 Å². The molecule has 4 aromatic rings. The van der Waals surface area contributed by atoms with Crippen molar-refractivity contribution in [2.45, 2.75) is 18.9 Å². The Bertz CT molecular complexity index is 1410. The number of rotatable bonds is 14. The number of hydrogen-bond donors (Lipinski definition) is 1. The smallest absolute Gasteiger partial charge is 0.333 e. The molecule has 0 aliphatic heterocycles. The zero-order chi connectivity index (χ0) is 28.2. The Morgan fingerprint density at radius 3 is 2.10 bits per heavy atom. The lowest BCUT2D eigenvalue weighted by Gasteiger charge is -2.14. The molecule has 0 amide bonds. The molecule has 1 N–H and O–H groups in total. The summed E-state index contributed by atoms with van der Waals surface area (Å²) in [7, 11) is 1.40. The van der Waals surface area contributed by atoms with E-state index >= 15 is 0 Å². The molecule has 0 aliphatic rings. The van der Waals surface area contributed by atoms with Gasteiger partial charge < -0.3 is 19.3 Å². The highest BCUT2D eigenvalue weighted by Crippen LogP contribution is 2.24. The van der Waals surface area contributed by atoms with Crippen LogP contribution in [0.25, 0.3) is 12.2 Å². The zero-order valence-corrected chi connectivity index (χ0v) is 22.4. The standard InChI is InChI=1S/C34H32O6/c1-38-32(34(36)37)24-26-14-20-31(29(23-26)15-13-25-9-4-2-5-10-25)40-22-8-21-39-30-18-16-28(17-19-30)33(35)27-11-6-3-7-12-27/h2-7,9-20,23,32H,8,21-22,24H2,1H3,(H,36,37)/b15-13+. The third kappa shape index (κ3) is 8.16. The van der Waals surface area contributed by atoms with E-state index in [9.17, 15) is 14.7 Å². The van der Waals surface area contributed by atoms with Crippen LogP contribution in [-0.2, 0) is 16.0 Å². The van der Waals surface area contributed by atoms with E-state index in [1.165, 1.54) is 7.11 Å². The maximum atomic E-state index is 12.6. The number of benzene rings is 4. The van der Waals surface area contributed by atoms with E-state index < -0.39 is 12.1 Å². The SMILES string of the molecule is COC(Cc1ccc(OCCCOc2ccc(C(=O)c3ccccc3)cc2)c(/C=C/c2ccccc2)c1)C(=O)O. The van der Waals surface area contributed by atoms with E-state index in [-0.39, 0.29) is 12.2 Å². The molecule has 1 atom stereocenters. The maximum absolute atomic E-state index is 12.6. The number of hydrogen-bond acceptors (Lipinski definition) is 5. The minimum atomic E-state index is -0.998. The third-order valence-electron chi connectivity index (χ3n) is 6.28. The van der Waals surface area contributed by atoms with Crippen molar-refractivity contribution in [1.82, 2.24) is 0 Å². The second-order valence-corrected chi connectivity index (χ2v) is 9.15. The molecule has 1 unspecified atom stereocenters. The van der Waals surface area contributed by atoms with Gasteiger partial charge in [0.25, 0.3) is 0 Å². The molecule has 6 nitrogen and oxygen atoms in total. The number of carboxylic acids is 1. The Kier molecular flexibility index (Phi) is 10.2. The molecule has 0 fully saturated rings. The first-order valence-electron chi connectivity index (χ1n) is 13.1. The van der Waals surface area contributed by atoms with Crippen LogP contribution >= 0.6 is 0 Å². The topological polar surface area (TPSA) is 82.1 Å². The van der Waals surface area contributed by atoms with Crippen molar-refractivity contribution in [3.8, 4) is 11.5 Å². The summed E-state index contributed by atoms with van der Waals surface area (Å²) < 4.78 is 17.0. The molecule has 0 spiro atoms. The van der Waals surface area contributed by atoms with E-state index in [1.54, 1.807) is 36.4 Å². The normalized spacial score (nSPS) is 11.7. The fourth-order valence-corrected chi connectivity index (χ4v) is 4.11. The molecule has 4 rings (SSSR count). The van der Waals surface area contributed by atoms with E-state index in [4.69, 9.17) is 14.2 Å². The van der Waals surface area contributed by atoms with Gasteiger partial charge in [-0.05, 0) is 47.5 Å². The average molecular weight is 537 g/mol. The second-order valence-electron chi connectivity index (χ2n) is 9.15. The summed E-state index contributed by atoms with van der Waals surface area (Å²) in [5.41, 5.74) is 4.00. The minimum absolute atomic E-state index is 0.0237.